The average molecular weight is 415 g/mol. The number of benzene rings is 1. The predicted octanol–water partition coefficient (Wildman–Crippen LogP) is 2.41. The second-order valence-electron chi connectivity index (χ2n) is 6.35. The van der Waals surface area contributed by atoms with Gasteiger partial charge in [0.15, 0.2) is 0 Å². The van der Waals surface area contributed by atoms with Gasteiger partial charge in [-0.15, -0.1) is 11.8 Å². The molecule has 3 rings (SSSR count). The van der Waals surface area contributed by atoms with Gasteiger partial charge in [0.2, 0.25) is 5.91 Å². The van der Waals surface area contributed by atoms with Crippen LogP contribution in [0.5, 0.6) is 0 Å². The summed E-state index contributed by atoms with van der Waals surface area (Å²) < 4.78 is 31.7. The smallest absolute Gasteiger partial charge is 0.475 e. The fourth-order valence-electron chi connectivity index (χ4n) is 2.99. The maximum atomic E-state index is 12.5. The number of amides is 1. The molecule has 2 fully saturated rings. The number of carbonyl (C=O) groups is 2. The summed E-state index contributed by atoms with van der Waals surface area (Å²) in [7, 11) is 0. The van der Waals surface area contributed by atoms with E-state index in [1.54, 1.807) is 16.7 Å². The van der Waals surface area contributed by atoms with E-state index in [2.05, 4.69) is 23.5 Å². The maximum absolute atomic E-state index is 12.5. The van der Waals surface area contributed by atoms with Crippen LogP contribution in [0.1, 0.15) is 18.4 Å². The van der Waals surface area contributed by atoms with Crippen LogP contribution in [0.2, 0.25) is 0 Å². The molecule has 1 aromatic rings. The monoisotopic (exact) mass is 415 g/mol. The first-order valence-electron chi connectivity index (χ1n) is 8.64. The Hall–Kier alpha value is -2.25. The topological polar surface area (TPSA) is 93.4 Å². The first-order chi connectivity index (χ1) is 13.2. The van der Waals surface area contributed by atoms with Gasteiger partial charge in [-0.1, -0.05) is 30.3 Å². The van der Waals surface area contributed by atoms with E-state index in [0.717, 1.165) is 31.6 Å². The summed E-state index contributed by atoms with van der Waals surface area (Å²) in [5, 5.41) is 19.9. The summed E-state index contributed by atoms with van der Waals surface area (Å²) in [4.78, 5) is 23.2. The number of hydrogen-bond donors (Lipinski definition) is 2. The molecular formula is C18H20F3N3O3S. The standard InChI is InChI=1S/C16H19N3OS.C2HF3O2/c17-10-13-7-4-8-19(13)16(20)14-11-21-15(18-14)9-12-5-2-1-3-6-12;3-2(4,5)1(6)7/h1-3,5-6,13-15,18H,4,7-9,11H2;(H,6,7)/t13-,14-,15?;/m0./s1. The third-order valence-corrected chi connectivity index (χ3v) is 5.57. The quantitative estimate of drug-likeness (QED) is 0.788. The average Bonchev–Trinajstić information content (AvgIpc) is 3.31. The molecule has 0 aliphatic carbocycles. The molecular weight excluding hydrogens is 395 g/mol. The third-order valence-electron chi connectivity index (χ3n) is 4.34. The Morgan fingerprint density at radius 2 is 1.96 bits per heavy atom. The zero-order valence-electron chi connectivity index (χ0n) is 14.9. The zero-order valence-corrected chi connectivity index (χ0v) is 15.7. The molecule has 2 heterocycles. The molecule has 2 N–H and O–H groups in total. The molecule has 2 aliphatic rings. The molecule has 0 radical (unpaired) electrons. The van der Waals surface area contributed by atoms with Gasteiger partial charge in [0.1, 0.15) is 6.04 Å². The van der Waals surface area contributed by atoms with Gasteiger partial charge in [0.25, 0.3) is 0 Å². The number of aliphatic carboxylic acids is 1. The van der Waals surface area contributed by atoms with Gasteiger partial charge in [-0.2, -0.15) is 18.4 Å². The second kappa shape index (κ2) is 9.80. The van der Waals surface area contributed by atoms with Crippen LogP contribution >= 0.6 is 11.8 Å². The van der Waals surface area contributed by atoms with Crippen molar-refractivity contribution in [3.8, 4) is 6.07 Å². The molecule has 0 bridgehead atoms. The molecule has 152 valence electrons. The van der Waals surface area contributed by atoms with Gasteiger partial charge in [-0.25, -0.2) is 4.79 Å². The molecule has 1 amide bonds. The van der Waals surface area contributed by atoms with Crippen LogP contribution in [0.3, 0.4) is 0 Å². The van der Waals surface area contributed by atoms with E-state index in [-0.39, 0.29) is 23.4 Å². The number of alkyl halides is 3. The SMILES string of the molecule is N#C[C@@H]1CCCN1C(=O)[C@@H]1CSC(Cc2ccccc2)N1.O=C(O)C(F)(F)F. The Labute approximate surface area is 164 Å². The van der Waals surface area contributed by atoms with E-state index in [4.69, 9.17) is 15.2 Å². The van der Waals surface area contributed by atoms with Crippen molar-refractivity contribution in [1.82, 2.24) is 10.2 Å². The molecule has 1 unspecified atom stereocenters. The first-order valence-corrected chi connectivity index (χ1v) is 9.69. The van der Waals surface area contributed by atoms with Gasteiger partial charge >= 0.3 is 12.1 Å². The lowest BCUT2D eigenvalue weighted by Gasteiger charge is -2.23. The lowest BCUT2D eigenvalue weighted by atomic mass is 10.1. The largest absolute Gasteiger partial charge is 0.490 e. The van der Waals surface area contributed by atoms with Crippen molar-refractivity contribution in [2.24, 2.45) is 0 Å². The van der Waals surface area contributed by atoms with Crippen LogP contribution in [-0.2, 0) is 16.0 Å². The Kier molecular flexibility index (Phi) is 7.71. The molecule has 0 spiro atoms. The van der Waals surface area contributed by atoms with E-state index in [1.165, 1.54) is 5.56 Å². The highest BCUT2D eigenvalue weighted by Crippen LogP contribution is 2.25. The van der Waals surface area contributed by atoms with Crippen molar-refractivity contribution >= 4 is 23.6 Å². The number of carboxylic acids is 1. The van der Waals surface area contributed by atoms with Crippen LogP contribution in [-0.4, -0.2) is 57.8 Å². The van der Waals surface area contributed by atoms with Gasteiger partial charge in [-0.3, -0.25) is 10.1 Å². The van der Waals surface area contributed by atoms with Gasteiger partial charge in [-0.05, 0) is 24.8 Å². The number of halogens is 3. The summed E-state index contributed by atoms with van der Waals surface area (Å²) in [6.07, 6.45) is -2.40. The molecule has 0 aromatic heterocycles. The molecule has 3 atom stereocenters. The number of thioether (sulfide) groups is 1. The fourth-order valence-corrected chi connectivity index (χ4v) is 4.22. The van der Waals surface area contributed by atoms with Crippen LogP contribution in [0.4, 0.5) is 13.2 Å². The summed E-state index contributed by atoms with van der Waals surface area (Å²) in [6.45, 7) is 0.725. The van der Waals surface area contributed by atoms with Gasteiger partial charge in [0, 0.05) is 12.3 Å². The van der Waals surface area contributed by atoms with Crippen LogP contribution < -0.4 is 5.32 Å². The van der Waals surface area contributed by atoms with E-state index in [9.17, 15) is 18.0 Å². The molecule has 6 nitrogen and oxygen atoms in total. The Bertz CT molecular complexity index is 724. The van der Waals surface area contributed by atoms with Crippen LogP contribution in [0, 0.1) is 11.3 Å². The number of likely N-dealkylation sites (tertiary alicyclic amines) is 1. The van der Waals surface area contributed by atoms with E-state index in [1.807, 2.05) is 18.2 Å². The minimum atomic E-state index is -5.08. The zero-order chi connectivity index (χ0) is 20.7. The van der Waals surface area contributed by atoms with Crippen molar-refractivity contribution in [2.45, 2.75) is 42.9 Å². The number of rotatable bonds is 3. The lowest BCUT2D eigenvalue weighted by molar-refractivity contribution is -0.192. The number of hydrogen-bond acceptors (Lipinski definition) is 5. The number of nitrogens with zero attached hydrogens (tertiary/aromatic N) is 2. The number of carboxylic acid groups (broad SMARTS) is 1. The van der Waals surface area contributed by atoms with Crippen molar-refractivity contribution in [2.75, 3.05) is 12.3 Å². The highest BCUT2D eigenvalue weighted by atomic mass is 32.2. The maximum Gasteiger partial charge on any atom is 0.490 e. The minimum absolute atomic E-state index is 0.0992. The molecule has 2 aliphatic heterocycles. The predicted molar refractivity (Wildman–Crippen MR) is 97.4 cm³/mol. The molecule has 10 heteroatoms. The van der Waals surface area contributed by atoms with Gasteiger partial charge in [0.05, 0.1) is 17.5 Å². The third kappa shape index (κ3) is 6.14. The molecule has 1 aromatic carbocycles. The number of nitriles is 1. The second-order valence-corrected chi connectivity index (χ2v) is 7.59. The Balaban J connectivity index is 0.000000345. The normalized spacial score (nSPS) is 24.2. The molecule has 28 heavy (non-hydrogen) atoms. The highest BCUT2D eigenvalue weighted by Gasteiger charge is 2.38. The minimum Gasteiger partial charge on any atom is -0.475 e. The number of nitrogens with one attached hydrogen (secondary N) is 1. The van der Waals surface area contributed by atoms with Crippen molar-refractivity contribution < 1.29 is 27.9 Å². The summed E-state index contributed by atoms with van der Waals surface area (Å²) in [6, 6.07) is 12.2. The summed E-state index contributed by atoms with van der Waals surface area (Å²) >= 11 is 1.80. The van der Waals surface area contributed by atoms with Crippen molar-refractivity contribution in [1.29, 1.82) is 5.26 Å². The fraction of sp³-hybridized carbons (Fsp3) is 0.500. The Morgan fingerprint density at radius 1 is 1.32 bits per heavy atom. The van der Waals surface area contributed by atoms with Crippen molar-refractivity contribution in [3.63, 3.8) is 0 Å². The summed E-state index contributed by atoms with van der Waals surface area (Å²) in [5.41, 5.74) is 1.28. The van der Waals surface area contributed by atoms with E-state index < -0.39 is 12.1 Å². The van der Waals surface area contributed by atoms with Crippen molar-refractivity contribution in [3.05, 3.63) is 35.9 Å². The van der Waals surface area contributed by atoms with Crippen LogP contribution in [0.25, 0.3) is 0 Å². The first kappa shape index (κ1) is 22.0. The molecule has 0 saturated carbocycles. The highest BCUT2D eigenvalue weighted by molar-refractivity contribution is 8.00. The van der Waals surface area contributed by atoms with E-state index in [0.29, 0.717) is 0 Å². The van der Waals surface area contributed by atoms with E-state index >= 15 is 0 Å². The van der Waals surface area contributed by atoms with Crippen LogP contribution in [0.15, 0.2) is 30.3 Å². The lowest BCUT2D eigenvalue weighted by Crippen LogP contribution is -2.48. The Morgan fingerprint density at radius 3 is 2.54 bits per heavy atom. The molecule has 2 saturated heterocycles. The summed E-state index contributed by atoms with van der Waals surface area (Å²) in [5.74, 6) is -1.86. The number of carbonyl (C=O) groups excluding carboxylic acids is 1. The van der Waals surface area contributed by atoms with Gasteiger partial charge < -0.3 is 10.0 Å².